The van der Waals surface area contributed by atoms with Gasteiger partial charge in [0.1, 0.15) is 0 Å². The second-order valence-corrected chi connectivity index (χ2v) is 8.09. The minimum atomic E-state index is -0.379. The third kappa shape index (κ3) is 3.93. The molecule has 5 nitrogen and oxygen atoms in total. The van der Waals surface area contributed by atoms with Gasteiger partial charge >= 0.3 is 0 Å². The molecule has 2 heterocycles. The molecule has 1 aliphatic rings. The van der Waals surface area contributed by atoms with Crippen molar-refractivity contribution in [3.05, 3.63) is 65.0 Å². The number of carbonyl (C=O) groups is 2. The average molecular weight is 406 g/mol. The second kappa shape index (κ2) is 8.17. The van der Waals surface area contributed by atoms with Gasteiger partial charge in [-0.05, 0) is 24.5 Å². The number of hydrogen-bond donors (Lipinski definition) is 1. The van der Waals surface area contributed by atoms with Gasteiger partial charge in [-0.15, -0.1) is 11.3 Å². The van der Waals surface area contributed by atoms with E-state index < -0.39 is 0 Å². The predicted octanol–water partition coefficient (Wildman–Crippen LogP) is 4.67. The van der Waals surface area contributed by atoms with Crippen molar-refractivity contribution in [2.45, 2.75) is 26.7 Å². The van der Waals surface area contributed by atoms with E-state index in [1.54, 1.807) is 4.90 Å². The maximum absolute atomic E-state index is 12.8. The first kappa shape index (κ1) is 19.3. The summed E-state index contributed by atoms with van der Waals surface area (Å²) in [6.45, 7) is 4.49. The van der Waals surface area contributed by atoms with Gasteiger partial charge in [-0.25, -0.2) is 4.98 Å². The third-order valence-corrected chi connectivity index (χ3v) is 6.03. The molecule has 1 fully saturated rings. The Labute approximate surface area is 174 Å². The minimum Gasteiger partial charge on any atom is -0.311 e. The van der Waals surface area contributed by atoms with Crippen molar-refractivity contribution in [2.24, 2.45) is 5.92 Å². The van der Waals surface area contributed by atoms with Crippen molar-refractivity contribution in [1.82, 2.24) is 4.98 Å². The maximum atomic E-state index is 12.8. The number of aryl methyl sites for hydroxylation is 2. The Kier molecular flexibility index (Phi) is 5.45. The molecule has 1 aliphatic heterocycles. The Hall–Kier alpha value is -2.99. The number of para-hydroxylation sites is 1. The lowest BCUT2D eigenvalue weighted by molar-refractivity contribution is -0.122. The molecular formula is C23H23N3O2S. The molecule has 2 amide bonds. The summed E-state index contributed by atoms with van der Waals surface area (Å²) in [5.41, 5.74) is 4.99. The van der Waals surface area contributed by atoms with Crippen LogP contribution in [-0.2, 0) is 16.0 Å². The Bertz CT molecular complexity index is 1050. The molecular weight excluding hydrogens is 382 g/mol. The quantitative estimate of drug-likeness (QED) is 0.671. The topological polar surface area (TPSA) is 62.3 Å². The Morgan fingerprint density at radius 3 is 2.76 bits per heavy atom. The summed E-state index contributed by atoms with van der Waals surface area (Å²) >= 11 is 1.40. The van der Waals surface area contributed by atoms with E-state index in [-0.39, 0.29) is 24.2 Å². The molecule has 1 saturated heterocycles. The molecule has 6 heteroatoms. The van der Waals surface area contributed by atoms with Gasteiger partial charge in [0.25, 0.3) is 0 Å². The lowest BCUT2D eigenvalue weighted by Gasteiger charge is -2.22. The zero-order chi connectivity index (χ0) is 20.4. The lowest BCUT2D eigenvalue weighted by Crippen LogP contribution is -2.29. The van der Waals surface area contributed by atoms with Crippen LogP contribution in [0.15, 0.2) is 53.9 Å². The van der Waals surface area contributed by atoms with Gasteiger partial charge in [0.15, 0.2) is 5.13 Å². The average Bonchev–Trinajstić information content (AvgIpc) is 3.35. The number of thiazole rings is 1. The number of nitrogens with one attached hydrogen (secondary N) is 1. The van der Waals surface area contributed by atoms with E-state index >= 15 is 0 Å². The van der Waals surface area contributed by atoms with Crippen LogP contribution < -0.4 is 10.2 Å². The summed E-state index contributed by atoms with van der Waals surface area (Å²) in [7, 11) is 0. The van der Waals surface area contributed by atoms with E-state index in [1.807, 2.05) is 60.8 Å². The highest BCUT2D eigenvalue weighted by molar-refractivity contribution is 7.14. The molecule has 2 aromatic carbocycles. The van der Waals surface area contributed by atoms with Gasteiger partial charge in [0, 0.05) is 29.6 Å². The van der Waals surface area contributed by atoms with Crippen molar-refractivity contribution in [1.29, 1.82) is 0 Å². The van der Waals surface area contributed by atoms with E-state index in [9.17, 15) is 9.59 Å². The number of benzene rings is 2. The summed E-state index contributed by atoms with van der Waals surface area (Å²) in [6.07, 6.45) is 1.07. The lowest BCUT2D eigenvalue weighted by atomic mass is 10.0. The molecule has 1 atom stereocenters. The van der Waals surface area contributed by atoms with Crippen LogP contribution in [0.5, 0.6) is 0 Å². The largest absolute Gasteiger partial charge is 0.311 e. The Morgan fingerprint density at radius 1 is 1.21 bits per heavy atom. The molecule has 0 radical (unpaired) electrons. The van der Waals surface area contributed by atoms with Gasteiger partial charge in [-0.1, -0.05) is 55.5 Å². The van der Waals surface area contributed by atoms with Crippen LogP contribution in [0.4, 0.5) is 10.8 Å². The molecule has 1 N–H and O–H groups in total. The van der Waals surface area contributed by atoms with Crippen LogP contribution in [0.3, 0.4) is 0 Å². The predicted molar refractivity (Wildman–Crippen MR) is 117 cm³/mol. The van der Waals surface area contributed by atoms with Crippen molar-refractivity contribution >= 4 is 34.0 Å². The van der Waals surface area contributed by atoms with Gasteiger partial charge in [-0.2, -0.15) is 0 Å². The van der Waals surface area contributed by atoms with Crippen molar-refractivity contribution in [2.75, 3.05) is 16.8 Å². The Balaban J connectivity index is 1.47. The zero-order valence-corrected chi connectivity index (χ0v) is 17.3. The van der Waals surface area contributed by atoms with Gasteiger partial charge in [-0.3, -0.25) is 9.59 Å². The normalized spacial score (nSPS) is 16.3. The fraction of sp³-hybridized carbons (Fsp3) is 0.261. The summed E-state index contributed by atoms with van der Waals surface area (Å²) in [5.74, 6) is -0.532. The molecule has 29 heavy (non-hydrogen) atoms. The number of hydrogen-bond acceptors (Lipinski definition) is 4. The number of amides is 2. The van der Waals surface area contributed by atoms with E-state index in [2.05, 4.69) is 17.2 Å². The fourth-order valence-electron chi connectivity index (χ4n) is 3.77. The highest BCUT2D eigenvalue weighted by atomic mass is 32.1. The van der Waals surface area contributed by atoms with Crippen LogP contribution in [0.25, 0.3) is 11.3 Å². The van der Waals surface area contributed by atoms with Crippen LogP contribution in [0.1, 0.15) is 24.5 Å². The number of nitrogens with zero attached hydrogens (tertiary/aromatic N) is 2. The first-order chi connectivity index (χ1) is 14.1. The van der Waals surface area contributed by atoms with Crippen molar-refractivity contribution < 1.29 is 9.59 Å². The summed E-state index contributed by atoms with van der Waals surface area (Å²) in [5, 5.41) is 5.39. The standard InChI is InChI=1S/C23H23N3O2S/c1-3-16-11-7-8-15(2)21(16)26-13-18(12-20(26)27)22(28)25-23-24-19(14-29-23)17-9-5-4-6-10-17/h4-11,14,18H,3,12-13H2,1-2H3,(H,24,25,28). The van der Waals surface area contributed by atoms with Crippen LogP contribution in [-0.4, -0.2) is 23.3 Å². The highest BCUT2D eigenvalue weighted by Gasteiger charge is 2.36. The fourth-order valence-corrected chi connectivity index (χ4v) is 4.49. The second-order valence-electron chi connectivity index (χ2n) is 7.23. The first-order valence-corrected chi connectivity index (χ1v) is 10.7. The van der Waals surface area contributed by atoms with E-state index in [0.29, 0.717) is 11.7 Å². The molecule has 0 aliphatic carbocycles. The monoisotopic (exact) mass is 405 g/mol. The number of aromatic nitrogens is 1. The molecule has 0 bridgehead atoms. The van der Waals surface area contributed by atoms with Crippen LogP contribution in [0, 0.1) is 12.8 Å². The number of anilines is 2. The first-order valence-electron chi connectivity index (χ1n) is 9.77. The maximum Gasteiger partial charge on any atom is 0.231 e. The molecule has 0 saturated carbocycles. The smallest absolute Gasteiger partial charge is 0.231 e. The highest BCUT2D eigenvalue weighted by Crippen LogP contribution is 2.32. The number of carbonyl (C=O) groups excluding carboxylic acids is 2. The van der Waals surface area contributed by atoms with E-state index in [1.165, 1.54) is 11.3 Å². The molecule has 1 aromatic heterocycles. The van der Waals surface area contributed by atoms with E-state index in [0.717, 1.165) is 34.5 Å². The summed E-state index contributed by atoms with van der Waals surface area (Å²) in [6, 6.07) is 15.9. The van der Waals surface area contributed by atoms with Crippen molar-refractivity contribution in [3.63, 3.8) is 0 Å². The van der Waals surface area contributed by atoms with Gasteiger partial charge < -0.3 is 10.2 Å². The Morgan fingerprint density at radius 2 is 2.00 bits per heavy atom. The minimum absolute atomic E-state index is 0.00161. The van der Waals surface area contributed by atoms with Gasteiger partial charge in [0.2, 0.25) is 11.8 Å². The molecule has 1 unspecified atom stereocenters. The SMILES string of the molecule is CCc1cccc(C)c1N1CC(C(=O)Nc2nc(-c3ccccc3)cs2)CC1=O. The van der Waals surface area contributed by atoms with E-state index in [4.69, 9.17) is 0 Å². The summed E-state index contributed by atoms with van der Waals surface area (Å²) in [4.78, 5) is 31.8. The molecule has 148 valence electrons. The van der Waals surface area contributed by atoms with Crippen LogP contribution in [0.2, 0.25) is 0 Å². The molecule has 4 rings (SSSR count). The zero-order valence-electron chi connectivity index (χ0n) is 16.5. The molecule has 0 spiro atoms. The summed E-state index contributed by atoms with van der Waals surface area (Å²) < 4.78 is 0. The number of rotatable bonds is 5. The third-order valence-electron chi connectivity index (χ3n) is 5.27. The molecule has 3 aromatic rings. The van der Waals surface area contributed by atoms with Crippen LogP contribution >= 0.6 is 11.3 Å². The van der Waals surface area contributed by atoms with Gasteiger partial charge in [0.05, 0.1) is 11.6 Å². The van der Waals surface area contributed by atoms with Crippen molar-refractivity contribution in [3.8, 4) is 11.3 Å².